The summed E-state index contributed by atoms with van der Waals surface area (Å²) in [5, 5.41) is 11.0. The number of benzene rings is 2. The molecule has 8 nitrogen and oxygen atoms in total. The fourth-order valence-electron chi connectivity index (χ4n) is 3.76. The van der Waals surface area contributed by atoms with Crippen molar-refractivity contribution < 1.29 is 23.0 Å². The zero-order valence-electron chi connectivity index (χ0n) is 17.1. The molecular weight excluding hydrogens is 406 g/mol. The maximum absolute atomic E-state index is 13.2. The molecule has 4 rings (SSSR count). The van der Waals surface area contributed by atoms with Crippen LogP contribution in [-0.2, 0) is 10.2 Å². The van der Waals surface area contributed by atoms with E-state index in [1.165, 1.54) is 29.8 Å². The third-order valence-corrected chi connectivity index (χ3v) is 7.08. The molecule has 0 bridgehead atoms. The highest BCUT2D eigenvalue weighted by atomic mass is 32.2. The second-order valence-electron chi connectivity index (χ2n) is 7.12. The minimum atomic E-state index is -3.80. The number of nitrogens with zero attached hydrogens (tertiary/aromatic N) is 2. The fraction of sp³-hybridized carbons (Fsp3) is 0.238. The van der Waals surface area contributed by atoms with E-state index in [2.05, 4.69) is 4.98 Å². The molecule has 0 radical (unpaired) electrons. The third kappa shape index (κ3) is 2.98. The van der Waals surface area contributed by atoms with Gasteiger partial charge in [0.1, 0.15) is 5.75 Å². The predicted octanol–water partition coefficient (Wildman–Crippen LogP) is 3.07. The number of phenolic OH excluding ortho intramolecular Hbond substituents is 1. The summed E-state index contributed by atoms with van der Waals surface area (Å²) in [4.78, 5) is 3.07. The second-order valence-corrected chi connectivity index (χ2v) is 9.17. The van der Waals surface area contributed by atoms with Crippen LogP contribution in [-0.4, -0.2) is 55.4 Å². The Balaban J connectivity index is 2.02. The molecule has 2 heterocycles. The first kappa shape index (κ1) is 20.1. The van der Waals surface area contributed by atoms with Crippen LogP contribution in [0.15, 0.2) is 42.7 Å². The van der Waals surface area contributed by atoms with Gasteiger partial charge in [0.15, 0.2) is 11.5 Å². The molecule has 3 aromatic rings. The first-order valence-corrected chi connectivity index (χ1v) is 10.6. The van der Waals surface area contributed by atoms with Crippen molar-refractivity contribution >= 4 is 27.2 Å². The molecule has 1 aliphatic heterocycles. The van der Waals surface area contributed by atoms with Gasteiger partial charge in [-0.15, -0.1) is 0 Å². The predicted molar refractivity (Wildman–Crippen MR) is 115 cm³/mol. The lowest BCUT2D eigenvalue weighted by Crippen LogP contribution is -2.40. The number of methoxy groups -OCH3 is 2. The molecule has 0 saturated heterocycles. The molecule has 158 valence electrons. The Bertz CT molecular complexity index is 1250. The van der Waals surface area contributed by atoms with Crippen LogP contribution >= 0.6 is 0 Å². The average Bonchev–Trinajstić information content (AvgIpc) is 3.16. The van der Waals surface area contributed by atoms with E-state index in [0.29, 0.717) is 22.6 Å². The van der Waals surface area contributed by atoms with Crippen LogP contribution in [0, 0.1) is 0 Å². The average molecular weight is 429 g/mol. The lowest BCUT2D eigenvalue weighted by atomic mass is 9.91. The van der Waals surface area contributed by atoms with Crippen LogP contribution in [0.3, 0.4) is 0 Å². The van der Waals surface area contributed by atoms with Crippen LogP contribution < -0.4 is 9.47 Å². The number of aromatic nitrogens is 1. The quantitative estimate of drug-likeness (QED) is 0.650. The van der Waals surface area contributed by atoms with Gasteiger partial charge in [0.2, 0.25) is 0 Å². The molecule has 1 aliphatic rings. The number of hydrogen-bond acceptors (Lipinski definition) is 5. The van der Waals surface area contributed by atoms with Crippen molar-refractivity contribution in [2.24, 2.45) is 0 Å². The van der Waals surface area contributed by atoms with Crippen molar-refractivity contribution in [3.63, 3.8) is 0 Å². The van der Waals surface area contributed by atoms with Crippen LogP contribution in [0.25, 0.3) is 17.0 Å². The van der Waals surface area contributed by atoms with Gasteiger partial charge in [-0.3, -0.25) is 4.31 Å². The van der Waals surface area contributed by atoms with Crippen molar-refractivity contribution in [1.29, 1.82) is 0 Å². The maximum Gasteiger partial charge on any atom is 0.303 e. The van der Waals surface area contributed by atoms with E-state index >= 15 is 0 Å². The van der Waals surface area contributed by atoms with Gasteiger partial charge in [-0.2, -0.15) is 12.7 Å². The Morgan fingerprint density at radius 3 is 2.47 bits per heavy atom. The van der Waals surface area contributed by atoms with Crippen molar-refractivity contribution in [1.82, 2.24) is 13.6 Å². The van der Waals surface area contributed by atoms with Gasteiger partial charge in [0, 0.05) is 37.4 Å². The van der Waals surface area contributed by atoms with Crippen LogP contribution in [0.5, 0.6) is 17.2 Å². The topological polar surface area (TPSA) is 95.1 Å². The second kappa shape index (κ2) is 7.26. The summed E-state index contributed by atoms with van der Waals surface area (Å²) < 4.78 is 39.7. The molecule has 0 saturated carbocycles. The van der Waals surface area contributed by atoms with Crippen LogP contribution in [0.2, 0.25) is 0 Å². The zero-order chi connectivity index (χ0) is 21.6. The summed E-state index contributed by atoms with van der Waals surface area (Å²) in [6.07, 6.45) is 5.02. The van der Waals surface area contributed by atoms with Crippen LogP contribution in [0.1, 0.15) is 22.7 Å². The van der Waals surface area contributed by atoms with E-state index < -0.39 is 16.3 Å². The molecule has 0 spiro atoms. The SMILES string of the molecule is COc1cc2c(cc1OC)C(c1c[nH]c3c(O)cccc13)N(S(=O)(=O)N(C)C)C=C2. The van der Waals surface area contributed by atoms with Gasteiger partial charge >= 0.3 is 10.2 Å². The Labute approximate surface area is 175 Å². The molecular formula is C21H23N3O5S. The Morgan fingerprint density at radius 2 is 1.80 bits per heavy atom. The highest BCUT2D eigenvalue weighted by Crippen LogP contribution is 2.45. The Morgan fingerprint density at radius 1 is 1.10 bits per heavy atom. The standard InChI is InChI=1S/C21H23N3O5S/c1-23(2)30(26,27)24-9-8-13-10-18(28-3)19(29-4)11-15(13)21(24)16-12-22-20-14(16)6-5-7-17(20)25/h5-12,21-22,25H,1-4H3. The monoisotopic (exact) mass is 429 g/mol. The summed E-state index contributed by atoms with van der Waals surface area (Å²) in [7, 11) is 2.28. The summed E-state index contributed by atoms with van der Waals surface area (Å²) >= 11 is 0. The normalized spacial score (nSPS) is 16.2. The molecule has 0 aliphatic carbocycles. The highest BCUT2D eigenvalue weighted by molar-refractivity contribution is 7.86. The number of aromatic amines is 1. The summed E-state index contributed by atoms with van der Waals surface area (Å²) in [6, 6.07) is 8.10. The minimum absolute atomic E-state index is 0.0969. The molecule has 2 N–H and O–H groups in total. The van der Waals surface area contributed by atoms with E-state index in [0.717, 1.165) is 16.5 Å². The molecule has 1 aromatic heterocycles. The smallest absolute Gasteiger partial charge is 0.303 e. The molecule has 0 fully saturated rings. The number of fused-ring (bicyclic) bond motifs is 2. The maximum atomic E-state index is 13.2. The minimum Gasteiger partial charge on any atom is -0.506 e. The van der Waals surface area contributed by atoms with Gasteiger partial charge in [-0.1, -0.05) is 12.1 Å². The number of phenols is 1. The molecule has 30 heavy (non-hydrogen) atoms. The fourth-order valence-corrected chi connectivity index (χ4v) is 4.84. The number of nitrogens with one attached hydrogen (secondary N) is 1. The molecule has 2 aromatic carbocycles. The lowest BCUT2D eigenvalue weighted by molar-refractivity contribution is 0.352. The highest BCUT2D eigenvalue weighted by Gasteiger charge is 2.36. The first-order valence-electron chi connectivity index (χ1n) is 9.23. The number of ether oxygens (including phenoxy) is 2. The number of aromatic hydroxyl groups is 1. The van der Waals surface area contributed by atoms with Gasteiger partial charge in [-0.25, -0.2) is 0 Å². The number of para-hydroxylation sites is 1. The molecule has 0 amide bonds. The van der Waals surface area contributed by atoms with E-state index in [9.17, 15) is 13.5 Å². The van der Waals surface area contributed by atoms with E-state index in [-0.39, 0.29) is 5.75 Å². The van der Waals surface area contributed by atoms with Gasteiger partial charge in [-0.05, 0) is 35.4 Å². The number of hydrogen-bond donors (Lipinski definition) is 2. The molecule has 1 atom stereocenters. The summed E-state index contributed by atoms with van der Waals surface area (Å²) in [6.45, 7) is 0. The summed E-state index contributed by atoms with van der Waals surface area (Å²) in [5.74, 6) is 1.15. The number of rotatable bonds is 5. The molecule has 1 unspecified atom stereocenters. The van der Waals surface area contributed by atoms with Crippen molar-refractivity contribution in [3.05, 3.63) is 59.4 Å². The van der Waals surface area contributed by atoms with Gasteiger partial charge in [0.05, 0.1) is 25.8 Å². The Hall–Kier alpha value is -3.17. The van der Waals surface area contributed by atoms with Crippen molar-refractivity contribution in [2.75, 3.05) is 28.3 Å². The molecule has 9 heteroatoms. The third-order valence-electron chi connectivity index (χ3n) is 5.29. The van der Waals surface area contributed by atoms with Crippen molar-refractivity contribution in [2.45, 2.75) is 6.04 Å². The zero-order valence-corrected chi connectivity index (χ0v) is 17.9. The summed E-state index contributed by atoms with van der Waals surface area (Å²) in [5.41, 5.74) is 2.82. The van der Waals surface area contributed by atoms with Gasteiger partial charge in [0.25, 0.3) is 0 Å². The largest absolute Gasteiger partial charge is 0.506 e. The van der Waals surface area contributed by atoms with E-state index in [4.69, 9.17) is 9.47 Å². The van der Waals surface area contributed by atoms with Gasteiger partial charge < -0.3 is 19.6 Å². The van der Waals surface area contributed by atoms with E-state index in [1.54, 1.807) is 43.8 Å². The van der Waals surface area contributed by atoms with Crippen molar-refractivity contribution in [3.8, 4) is 17.2 Å². The van der Waals surface area contributed by atoms with E-state index in [1.807, 2.05) is 12.1 Å². The first-order chi connectivity index (χ1) is 14.3. The lowest BCUT2D eigenvalue weighted by Gasteiger charge is -2.35. The Kier molecular flexibility index (Phi) is 4.87. The van der Waals surface area contributed by atoms with Crippen LogP contribution in [0.4, 0.5) is 0 Å². The number of H-pyrrole nitrogens is 1.